The Labute approximate surface area is 259 Å². The summed E-state index contributed by atoms with van der Waals surface area (Å²) in [5.74, 6) is -0.0455. The third-order valence-corrected chi connectivity index (χ3v) is 11.8. The van der Waals surface area contributed by atoms with E-state index in [1.54, 1.807) is 12.1 Å². The number of hydrogen-bond donors (Lipinski definition) is 4. The minimum Gasteiger partial charge on any atom is -0.508 e. The molecule has 0 radical (unpaired) electrons. The van der Waals surface area contributed by atoms with E-state index in [9.17, 15) is 25.2 Å². The molecule has 0 amide bonds. The zero-order valence-corrected chi connectivity index (χ0v) is 27.7. The maximum absolute atomic E-state index is 12.7. The molecule has 5 rings (SSSR count). The second-order valence-electron chi connectivity index (χ2n) is 15.5. The van der Waals surface area contributed by atoms with E-state index in [0.717, 1.165) is 44.9 Å². The van der Waals surface area contributed by atoms with Crippen LogP contribution in [0.2, 0.25) is 0 Å². The Morgan fingerprint density at radius 1 is 0.791 bits per heavy atom. The van der Waals surface area contributed by atoms with Gasteiger partial charge in [0.25, 0.3) is 0 Å². The second-order valence-corrected chi connectivity index (χ2v) is 15.5. The Hall–Kier alpha value is -2.15. The molecule has 0 aromatic heterocycles. The fraction of sp³-hybridized carbons (Fsp3) is 0.703. The van der Waals surface area contributed by atoms with Crippen molar-refractivity contribution in [2.24, 2.45) is 34.5 Å². The van der Waals surface area contributed by atoms with Gasteiger partial charge in [-0.2, -0.15) is 0 Å². The number of benzene rings is 1. The molecule has 1 aromatic carbocycles. The molecule has 0 unspecified atom stereocenters. The molecule has 8 atom stereocenters. The molecule has 1 aromatic rings. The lowest BCUT2D eigenvalue weighted by atomic mass is 9.67. The predicted octanol–water partition coefficient (Wildman–Crippen LogP) is 7.35. The summed E-state index contributed by atoms with van der Waals surface area (Å²) < 4.78 is 5.97. The van der Waals surface area contributed by atoms with Crippen LogP contribution in [0, 0.1) is 34.5 Å². The number of allylic oxidation sites excluding steroid dienone is 2. The van der Waals surface area contributed by atoms with Crippen LogP contribution in [0.4, 0.5) is 0 Å². The van der Waals surface area contributed by atoms with Crippen LogP contribution in [0.1, 0.15) is 117 Å². The Kier molecular flexibility index (Phi) is 9.67. The van der Waals surface area contributed by atoms with Crippen molar-refractivity contribution < 1.29 is 30.0 Å². The molecule has 4 aliphatic carbocycles. The third-order valence-electron chi connectivity index (χ3n) is 11.8. The molecule has 0 bridgehead atoms. The van der Waals surface area contributed by atoms with Gasteiger partial charge in [-0.3, -0.25) is 0 Å². The van der Waals surface area contributed by atoms with Gasteiger partial charge in [0, 0.05) is 18.3 Å². The fourth-order valence-corrected chi connectivity index (χ4v) is 8.90. The van der Waals surface area contributed by atoms with Crippen LogP contribution in [-0.2, 0) is 4.74 Å². The van der Waals surface area contributed by atoms with Crippen molar-refractivity contribution in [3.63, 3.8) is 0 Å². The van der Waals surface area contributed by atoms with E-state index in [-0.39, 0.29) is 46.4 Å². The maximum Gasteiger partial charge on any atom is 0.338 e. The number of phenols is 1. The van der Waals surface area contributed by atoms with Crippen molar-refractivity contribution in [3.05, 3.63) is 53.1 Å². The first kappa shape index (κ1) is 33.7. The average Bonchev–Trinajstić information content (AvgIpc) is 3.27. The first-order chi connectivity index (χ1) is 19.9. The Morgan fingerprint density at radius 3 is 1.77 bits per heavy atom. The summed E-state index contributed by atoms with van der Waals surface area (Å²) >= 11 is 0. The summed E-state index contributed by atoms with van der Waals surface area (Å²) in [6, 6.07) is 6.11. The number of carbonyl (C=O) groups is 1. The first-order valence-electron chi connectivity index (χ1n) is 16.4. The van der Waals surface area contributed by atoms with Crippen LogP contribution >= 0.6 is 0 Å². The van der Waals surface area contributed by atoms with Crippen LogP contribution in [0.25, 0.3) is 0 Å². The quantitative estimate of drug-likeness (QED) is 0.214. The number of esters is 1. The highest BCUT2D eigenvalue weighted by Crippen LogP contribution is 2.59. The number of fused-ring (bicyclic) bond motifs is 2. The summed E-state index contributed by atoms with van der Waals surface area (Å²) in [5, 5.41) is 42.3. The minimum atomic E-state index is -0.826. The maximum atomic E-state index is 12.7. The average molecular weight is 597 g/mol. The van der Waals surface area contributed by atoms with E-state index in [1.165, 1.54) is 23.3 Å². The second kappa shape index (κ2) is 12.3. The van der Waals surface area contributed by atoms with Gasteiger partial charge < -0.3 is 25.2 Å². The summed E-state index contributed by atoms with van der Waals surface area (Å²) in [6.07, 6.45) is 10.6. The highest BCUT2D eigenvalue weighted by molar-refractivity contribution is 5.89. The molecular weight excluding hydrogens is 540 g/mol. The van der Waals surface area contributed by atoms with Crippen LogP contribution in [0.3, 0.4) is 0 Å². The Balaban J connectivity index is 0.000000215. The third kappa shape index (κ3) is 6.48. The molecule has 0 heterocycles. The number of carbonyl (C=O) groups excluding carboxylic acids is 1. The summed E-state index contributed by atoms with van der Waals surface area (Å²) in [4.78, 5) is 12.7. The molecule has 0 spiro atoms. The number of aromatic hydroxyl groups is 1. The van der Waals surface area contributed by atoms with Gasteiger partial charge in [0.1, 0.15) is 11.9 Å². The Bertz CT molecular complexity index is 1220. The largest absolute Gasteiger partial charge is 0.508 e. The number of hydrogen-bond acceptors (Lipinski definition) is 6. The highest BCUT2D eigenvalue weighted by atomic mass is 16.5. The highest BCUT2D eigenvalue weighted by Gasteiger charge is 2.60. The standard InChI is InChI=1S/C22H30O4.C15H26O2/c1-14(2)22(25)12-11-21(4)10-9-15(3)13-18(19(21)22)26-20(24)16-5-7-17(23)8-6-16;1-10(2)15(17)8-7-14(4)6-5-11(3)9-12(16)13(14)15/h5-9,14,18-19,23,25H,10-13H2,1-4H3;5,10,12-13,16-17H,6-9H2,1-4H3/t18-,19+,21-,22+;12-,13+,14-,15+/m00/s1. The summed E-state index contributed by atoms with van der Waals surface area (Å²) in [6.45, 7) is 16.9. The number of ether oxygens (including phenoxy) is 1. The Morgan fingerprint density at radius 2 is 1.26 bits per heavy atom. The lowest BCUT2D eigenvalue weighted by Gasteiger charge is -2.43. The van der Waals surface area contributed by atoms with Gasteiger partial charge in [0.05, 0.1) is 22.9 Å². The molecule has 2 fully saturated rings. The predicted molar refractivity (Wildman–Crippen MR) is 171 cm³/mol. The SMILES string of the molecule is CC1=CC[C@@]2(C)CC[C@@](O)(C(C)C)[C@@H]2[C@@H](O)C1.CC1=CC[C@@]2(C)CC[C@@](O)(C(C)C)[C@@H]2[C@@H](OC(=O)c2ccc(O)cc2)C1. The summed E-state index contributed by atoms with van der Waals surface area (Å²) in [5.41, 5.74) is 1.36. The van der Waals surface area contributed by atoms with Gasteiger partial charge in [0.2, 0.25) is 0 Å². The van der Waals surface area contributed by atoms with E-state index in [4.69, 9.17) is 4.74 Å². The number of phenolic OH excluding ortho intramolecular Hbond substituents is 1. The van der Waals surface area contributed by atoms with Gasteiger partial charge in [-0.1, -0.05) is 64.8 Å². The fourth-order valence-electron chi connectivity index (χ4n) is 8.90. The van der Waals surface area contributed by atoms with Gasteiger partial charge in [-0.15, -0.1) is 0 Å². The molecule has 43 heavy (non-hydrogen) atoms. The van der Waals surface area contributed by atoms with E-state index < -0.39 is 23.3 Å². The minimum absolute atomic E-state index is 0.0173. The van der Waals surface area contributed by atoms with E-state index in [2.05, 4.69) is 67.5 Å². The zero-order valence-electron chi connectivity index (χ0n) is 27.7. The van der Waals surface area contributed by atoms with E-state index >= 15 is 0 Å². The van der Waals surface area contributed by atoms with Crippen molar-refractivity contribution in [3.8, 4) is 5.75 Å². The van der Waals surface area contributed by atoms with Crippen LogP contribution < -0.4 is 0 Å². The van der Waals surface area contributed by atoms with Crippen LogP contribution in [-0.4, -0.2) is 49.8 Å². The molecule has 4 aliphatic rings. The number of aliphatic hydroxyl groups excluding tert-OH is 1. The van der Waals surface area contributed by atoms with E-state index in [0.29, 0.717) is 12.0 Å². The van der Waals surface area contributed by atoms with Gasteiger partial charge in [-0.25, -0.2) is 4.79 Å². The molecule has 6 heteroatoms. The number of rotatable bonds is 4. The van der Waals surface area contributed by atoms with Gasteiger partial charge in [-0.05, 0) is 106 Å². The van der Waals surface area contributed by atoms with Crippen LogP contribution in [0.15, 0.2) is 47.6 Å². The molecule has 0 aliphatic heterocycles. The van der Waals surface area contributed by atoms with Crippen molar-refractivity contribution in [1.82, 2.24) is 0 Å². The van der Waals surface area contributed by atoms with Crippen molar-refractivity contribution >= 4 is 5.97 Å². The normalized spacial score (nSPS) is 39.1. The van der Waals surface area contributed by atoms with Gasteiger partial charge >= 0.3 is 5.97 Å². The van der Waals surface area contributed by atoms with Crippen molar-refractivity contribution in [2.75, 3.05) is 0 Å². The van der Waals surface area contributed by atoms with Crippen molar-refractivity contribution in [1.29, 1.82) is 0 Å². The summed E-state index contributed by atoms with van der Waals surface area (Å²) in [7, 11) is 0. The van der Waals surface area contributed by atoms with Crippen molar-refractivity contribution in [2.45, 2.75) is 130 Å². The smallest absolute Gasteiger partial charge is 0.338 e. The van der Waals surface area contributed by atoms with Crippen LogP contribution in [0.5, 0.6) is 5.75 Å². The van der Waals surface area contributed by atoms with Gasteiger partial charge in [0.15, 0.2) is 0 Å². The lowest BCUT2D eigenvalue weighted by molar-refractivity contribution is -0.112. The molecule has 2 saturated carbocycles. The monoisotopic (exact) mass is 596 g/mol. The molecule has 4 N–H and O–H groups in total. The molecule has 6 nitrogen and oxygen atoms in total. The van der Waals surface area contributed by atoms with E-state index in [1.807, 2.05) is 0 Å². The topological polar surface area (TPSA) is 107 Å². The molecule has 0 saturated heterocycles. The number of aliphatic hydroxyl groups is 3. The lowest BCUT2D eigenvalue weighted by Crippen LogP contribution is -2.50. The first-order valence-corrected chi connectivity index (χ1v) is 16.4. The zero-order chi connectivity index (χ0) is 32.0. The molecule has 240 valence electrons. The molecular formula is C37H56O6.